The average molecular weight is 739 g/mol. The number of rotatable bonds is 5. The van der Waals surface area contributed by atoms with E-state index in [1.807, 2.05) is 0 Å². The fourth-order valence-electron chi connectivity index (χ4n) is 12.5. The highest BCUT2D eigenvalue weighted by Crippen LogP contribution is 2.72. The summed E-state index contributed by atoms with van der Waals surface area (Å²) in [5.41, 5.74) is 0.0981. The molecule has 0 aromatic carbocycles. The Morgan fingerprint density at radius 1 is 0.827 bits per heavy atom. The van der Waals surface area contributed by atoms with Gasteiger partial charge in [0, 0.05) is 17.8 Å². The summed E-state index contributed by atoms with van der Waals surface area (Å²) in [6.45, 7) is 10.7. The van der Waals surface area contributed by atoms with Crippen LogP contribution < -0.4 is 0 Å². The van der Waals surface area contributed by atoms with Crippen LogP contribution in [0.4, 0.5) is 0 Å². The molecule has 21 atom stereocenters. The number of hydrogen-bond donors (Lipinski definition) is 7. The first-order chi connectivity index (χ1) is 24.6. The quantitative estimate of drug-likeness (QED) is 0.201. The van der Waals surface area contributed by atoms with E-state index in [1.165, 1.54) is 12.5 Å². The third-order valence-corrected chi connectivity index (χ3v) is 15.8. The molecular formula is C39H62O13. The first kappa shape index (κ1) is 38.1. The molecule has 4 aliphatic carbocycles. The first-order valence-corrected chi connectivity index (χ1v) is 19.9. The van der Waals surface area contributed by atoms with Gasteiger partial charge in [0.05, 0.1) is 31.5 Å². The molecule has 13 heteroatoms. The van der Waals surface area contributed by atoms with Crippen LogP contribution in [-0.4, -0.2) is 134 Å². The smallest absolute Gasteiger partial charge is 0.187 e. The second-order valence-electron chi connectivity index (χ2n) is 18.4. The molecule has 13 nitrogen and oxygen atoms in total. The Hall–Kier alpha value is -0.780. The van der Waals surface area contributed by atoms with Crippen LogP contribution in [0.15, 0.2) is 11.6 Å². The molecule has 7 fully saturated rings. The lowest BCUT2D eigenvalue weighted by molar-refractivity contribution is -0.369. The van der Waals surface area contributed by atoms with Crippen LogP contribution in [0.25, 0.3) is 0 Å². The molecule has 3 unspecified atom stereocenters. The van der Waals surface area contributed by atoms with Crippen LogP contribution in [-0.2, 0) is 28.4 Å². The number of hydrogen-bond acceptors (Lipinski definition) is 13. The minimum atomic E-state index is -1.62. The highest BCUT2D eigenvalue weighted by molar-refractivity contribution is 5.29. The van der Waals surface area contributed by atoms with Crippen molar-refractivity contribution in [3.05, 3.63) is 11.6 Å². The predicted octanol–water partition coefficient (Wildman–Crippen LogP) is 1.50. The molecule has 1 spiro atoms. The molecule has 0 radical (unpaired) electrons. The molecule has 7 N–H and O–H groups in total. The molecule has 4 aliphatic heterocycles. The van der Waals surface area contributed by atoms with Gasteiger partial charge in [0.1, 0.15) is 48.3 Å². The van der Waals surface area contributed by atoms with Gasteiger partial charge >= 0.3 is 0 Å². The fourth-order valence-corrected chi connectivity index (χ4v) is 12.5. The summed E-state index contributed by atoms with van der Waals surface area (Å²) in [6, 6.07) is 0. The van der Waals surface area contributed by atoms with Crippen LogP contribution in [0, 0.1) is 40.4 Å². The normalized spacial score (nSPS) is 58.9. The Bertz CT molecular complexity index is 1350. The summed E-state index contributed by atoms with van der Waals surface area (Å²) >= 11 is 0. The Labute approximate surface area is 306 Å². The zero-order valence-electron chi connectivity index (χ0n) is 31.3. The van der Waals surface area contributed by atoms with Crippen molar-refractivity contribution in [3.63, 3.8) is 0 Å². The third kappa shape index (κ3) is 5.50. The lowest BCUT2D eigenvalue weighted by atomic mass is 9.46. The summed E-state index contributed by atoms with van der Waals surface area (Å²) in [6.07, 6.45) is -3.83. The van der Waals surface area contributed by atoms with Gasteiger partial charge in [-0.2, -0.15) is 0 Å². The molecule has 0 bridgehead atoms. The molecule has 3 saturated carbocycles. The first-order valence-electron chi connectivity index (χ1n) is 19.9. The number of fused-ring (bicyclic) bond motifs is 7. The van der Waals surface area contributed by atoms with Crippen LogP contribution in [0.2, 0.25) is 0 Å². The zero-order valence-corrected chi connectivity index (χ0v) is 31.3. The molecule has 0 aromatic heterocycles. The van der Waals surface area contributed by atoms with Crippen molar-refractivity contribution in [2.75, 3.05) is 13.2 Å². The van der Waals surface area contributed by atoms with E-state index in [-0.39, 0.29) is 29.0 Å². The van der Waals surface area contributed by atoms with Crippen molar-refractivity contribution in [1.29, 1.82) is 0 Å². The molecule has 8 rings (SSSR count). The molecule has 296 valence electrons. The maximum Gasteiger partial charge on any atom is 0.187 e. The van der Waals surface area contributed by atoms with E-state index >= 15 is 0 Å². The van der Waals surface area contributed by atoms with Gasteiger partial charge in [-0.1, -0.05) is 39.3 Å². The van der Waals surface area contributed by atoms with Gasteiger partial charge < -0.3 is 64.2 Å². The molecule has 4 heterocycles. The topological polar surface area (TPSA) is 197 Å². The summed E-state index contributed by atoms with van der Waals surface area (Å²) in [7, 11) is 0. The SMILES string of the molecule is C[C@@H]1CC[C@@]2(OC1)O[C@H]1CC3C4CC=C5C[C@@H](O[C@@H]6O[C@H](CO)[C@@H](O)[C@H](O)[C@H]6O[C@@H]6O[C@@H](C)[C@H](O)[C@@H](O)[C@H]6O)CC[C@]5(C)C4CC[C@]3(C)[C@@]1(O)[C@@H]2C. The predicted molar refractivity (Wildman–Crippen MR) is 183 cm³/mol. The Kier molecular flexibility index (Phi) is 9.83. The zero-order chi connectivity index (χ0) is 37.1. The number of aliphatic hydroxyl groups excluding tert-OH is 6. The lowest BCUT2D eigenvalue weighted by Crippen LogP contribution is -2.64. The van der Waals surface area contributed by atoms with Crippen LogP contribution in [0.3, 0.4) is 0 Å². The van der Waals surface area contributed by atoms with Crippen molar-refractivity contribution in [3.8, 4) is 0 Å². The fraction of sp³-hybridized carbons (Fsp3) is 0.949. The monoisotopic (exact) mass is 738 g/mol. The largest absolute Gasteiger partial charge is 0.394 e. The minimum absolute atomic E-state index is 0.0411. The second-order valence-corrected chi connectivity index (χ2v) is 18.4. The van der Waals surface area contributed by atoms with Gasteiger partial charge in [-0.3, -0.25) is 0 Å². The van der Waals surface area contributed by atoms with E-state index in [0.717, 1.165) is 44.9 Å². The average Bonchev–Trinajstić information content (AvgIpc) is 3.48. The standard InChI is InChI=1S/C39H62O13/c1-18-8-13-38(47-17-18)20(3)39(46)27(52-38)15-25-23-7-6-21-14-22(9-11-36(21,4)24(23)10-12-37(25,39)5)49-35-33(31(44)29(42)26(16-40)50-35)51-34-32(45)30(43)28(41)19(2)48-34/h6,18-20,22-35,40-46H,7-17H2,1-5H3/t18-,19+,20-,22+,23?,24?,25?,26-,27+,28+,29-,30-,31+,32-,33-,34+,35-,36+,37+,38-,39-/m1/s1. The highest BCUT2D eigenvalue weighted by atomic mass is 16.8. The van der Waals surface area contributed by atoms with E-state index in [4.69, 9.17) is 28.4 Å². The Morgan fingerprint density at radius 3 is 2.31 bits per heavy atom. The molecule has 4 saturated heterocycles. The van der Waals surface area contributed by atoms with Crippen LogP contribution >= 0.6 is 0 Å². The van der Waals surface area contributed by atoms with Crippen molar-refractivity contribution >= 4 is 0 Å². The van der Waals surface area contributed by atoms with Gasteiger partial charge in [0.2, 0.25) is 0 Å². The maximum absolute atomic E-state index is 12.7. The van der Waals surface area contributed by atoms with Gasteiger partial charge in [-0.15, -0.1) is 0 Å². The lowest BCUT2D eigenvalue weighted by Gasteiger charge is -2.60. The number of aliphatic hydroxyl groups is 7. The summed E-state index contributed by atoms with van der Waals surface area (Å²) in [4.78, 5) is 0. The van der Waals surface area contributed by atoms with E-state index in [0.29, 0.717) is 43.1 Å². The minimum Gasteiger partial charge on any atom is -0.394 e. The Balaban J connectivity index is 0.977. The van der Waals surface area contributed by atoms with Gasteiger partial charge in [-0.05, 0) is 87.4 Å². The van der Waals surface area contributed by atoms with Crippen molar-refractivity contribution in [2.24, 2.45) is 40.4 Å². The molecule has 52 heavy (non-hydrogen) atoms. The van der Waals surface area contributed by atoms with Crippen molar-refractivity contribution in [2.45, 2.75) is 177 Å². The van der Waals surface area contributed by atoms with Gasteiger partial charge in [-0.25, -0.2) is 0 Å². The van der Waals surface area contributed by atoms with E-state index in [1.54, 1.807) is 0 Å². The number of ether oxygens (including phenoxy) is 6. The van der Waals surface area contributed by atoms with Crippen molar-refractivity contribution < 1.29 is 64.2 Å². The third-order valence-electron chi connectivity index (χ3n) is 15.8. The second kappa shape index (κ2) is 13.4. The molecular weight excluding hydrogens is 676 g/mol. The molecule has 0 amide bonds. The maximum atomic E-state index is 12.7. The van der Waals surface area contributed by atoms with E-state index in [9.17, 15) is 35.7 Å². The van der Waals surface area contributed by atoms with E-state index < -0.39 is 79.4 Å². The summed E-state index contributed by atoms with van der Waals surface area (Å²) in [5, 5.41) is 75.6. The van der Waals surface area contributed by atoms with Gasteiger partial charge in [0.25, 0.3) is 0 Å². The van der Waals surface area contributed by atoms with Crippen LogP contribution in [0.5, 0.6) is 0 Å². The van der Waals surface area contributed by atoms with E-state index in [2.05, 4.69) is 33.8 Å². The molecule has 0 aromatic rings. The summed E-state index contributed by atoms with van der Waals surface area (Å²) in [5.74, 6) is 0.929. The highest BCUT2D eigenvalue weighted by Gasteiger charge is 2.76. The van der Waals surface area contributed by atoms with Gasteiger partial charge in [0.15, 0.2) is 18.4 Å². The summed E-state index contributed by atoms with van der Waals surface area (Å²) < 4.78 is 37.3. The molecule has 8 aliphatic rings. The Morgan fingerprint density at radius 2 is 1.60 bits per heavy atom. The van der Waals surface area contributed by atoms with Crippen molar-refractivity contribution in [1.82, 2.24) is 0 Å². The van der Waals surface area contributed by atoms with Crippen LogP contribution in [0.1, 0.15) is 92.4 Å². The number of allylic oxidation sites excluding steroid dienone is 1.